The minimum absolute atomic E-state index is 0.642. The highest BCUT2D eigenvalue weighted by molar-refractivity contribution is 6.30. The molecule has 3 nitrogen and oxygen atoms in total. The molecule has 98 valence electrons. The molecule has 0 aromatic heterocycles. The summed E-state index contributed by atoms with van der Waals surface area (Å²) in [6.07, 6.45) is 0.642. The van der Waals surface area contributed by atoms with Gasteiger partial charge in [0.15, 0.2) is 0 Å². The fourth-order valence-corrected chi connectivity index (χ4v) is 1.90. The summed E-state index contributed by atoms with van der Waals surface area (Å²) < 4.78 is 0. The van der Waals surface area contributed by atoms with Crippen LogP contribution in [0.25, 0.3) is 0 Å². The molecule has 0 atom stereocenters. The highest BCUT2D eigenvalue weighted by Crippen LogP contribution is 2.13. The number of oxime groups is 1. The van der Waals surface area contributed by atoms with Crippen molar-refractivity contribution in [2.24, 2.45) is 5.16 Å². The number of halogens is 1. The Balaban J connectivity index is 1.89. The number of anilines is 1. The van der Waals surface area contributed by atoms with Gasteiger partial charge >= 0.3 is 0 Å². The largest absolute Gasteiger partial charge is 0.411 e. The molecule has 2 aromatic carbocycles. The molecule has 0 heterocycles. The van der Waals surface area contributed by atoms with E-state index in [1.165, 1.54) is 0 Å². The minimum atomic E-state index is 0.642. The quantitative estimate of drug-likeness (QED) is 0.491. The molecule has 0 bridgehead atoms. The van der Waals surface area contributed by atoms with E-state index in [4.69, 9.17) is 16.8 Å². The lowest BCUT2D eigenvalue weighted by molar-refractivity contribution is 0.318. The Morgan fingerprint density at radius 3 is 2.37 bits per heavy atom. The highest BCUT2D eigenvalue weighted by atomic mass is 35.5. The van der Waals surface area contributed by atoms with E-state index in [0.29, 0.717) is 23.7 Å². The molecule has 0 amide bonds. The summed E-state index contributed by atoms with van der Waals surface area (Å²) in [5, 5.41) is 16.4. The van der Waals surface area contributed by atoms with Crippen molar-refractivity contribution in [3.05, 3.63) is 65.2 Å². The molecular formula is C15H15ClN2O. The predicted octanol–water partition coefficient (Wildman–Crippen LogP) is 4.02. The van der Waals surface area contributed by atoms with E-state index in [-0.39, 0.29) is 0 Å². The first-order valence-electron chi connectivity index (χ1n) is 6.05. The Morgan fingerprint density at radius 1 is 1.05 bits per heavy atom. The van der Waals surface area contributed by atoms with Gasteiger partial charge in [-0.15, -0.1) is 0 Å². The summed E-state index contributed by atoms with van der Waals surface area (Å²) in [6, 6.07) is 17.1. The molecule has 0 unspecified atom stereocenters. The predicted molar refractivity (Wildman–Crippen MR) is 79.3 cm³/mol. The molecular weight excluding hydrogens is 260 g/mol. The third kappa shape index (κ3) is 4.00. The third-order valence-corrected chi connectivity index (χ3v) is 3.01. The zero-order chi connectivity index (χ0) is 13.5. The molecule has 0 spiro atoms. The van der Waals surface area contributed by atoms with Crippen LogP contribution in [0.15, 0.2) is 59.8 Å². The summed E-state index contributed by atoms with van der Waals surface area (Å²) in [4.78, 5) is 0. The van der Waals surface area contributed by atoms with Crippen LogP contribution in [0, 0.1) is 0 Å². The van der Waals surface area contributed by atoms with Crippen molar-refractivity contribution in [2.45, 2.75) is 6.42 Å². The van der Waals surface area contributed by atoms with E-state index >= 15 is 0 Å². The number of nitrogens with one attached hydrogen (secondary N) is 1. The van der Waals surface area contributed by atoms with Crippen LogP contribution in [0.4, 0.5) is 5.69 Å². The van der Waals surface area contributed by atoms with Gasteiger partial charge in [0.1, 0.15) is 0 Å². The normalized spacial score (nSPS) is 11.3. The van der Waals surface area contributed by atoms with E-state index in [2.05, 4.69) is 10.5 Å². The fraction of sp³-hybridized carbons (Fsp3) is 0.133. The summed E-state index contributed by atoms with van der Waals surface area (Å²) in [5.74, 6) is 0. The van der Waals surface area contributed by atoms with E-state index in [1.807, 2.05) is 54.6 Å². The molecule has 0 radical (unpaired) electrons. The van der Waals surface area contributed by atoms with Crippen LogP contribution >= 0.6 is 11.6 Å². The molecule has 0 saturated heterocycles. The summed E-state index contributed by atoms with van der Waals surface area (Å²) >= 11 is 5.82. The number of hydrogen-bond acceptors (Lipinski definition) is 3. The Labute approximate surface area is 117 Å². The van der Waals surface area contributed by atoms with Gasteiger partial charge in [0, 0.05) is 23.7 Å². The zero-order valence-electron chi connectivity index (χ0n) is 10.4. The van der Waals surface area contributed by atoms with Crippen LogP contribution in [0.3, 0.4) is 0 Å². The lowest BCUT2D eigenvalue weighted by atomic mass is 10.1. The molecule has 0 aliphatic heterocycles. The van der Waals surface area contributed by atoms with Crippen molar-refractivity contribution in [1.29, 1.82) is 0 Å². The van der Waals surface area contributed by atoms with Gasteiger partial charge in [-0.2, -0.15) is 0 Å². The van der Waals surface area contributed by atoms with Crippen molar-refractivity contribution in [3.63, 3.8) is 0 Å². The van der Waals surface area contributed by atoms with E-state index in [9.17, 15) is 0 Å². The molecule has 0 aliphatic rings. The van der Waals surface area contributed by atoms with E-state index in [1.54, 1.807) is 0 Å². The first kappa shape index (κ1) is 13.4. The van der Waals surface area contributed by atoms with Gasteiger partial charge in [0.25, 0.3) is 0 Å². The van der Waals surface area contributed by atoms with Gasteiger partial charge in [-0.3, -0.25) is 0 Å². The highest BCUT2D eigenvalue weighted by Gasteiger charge is 2.03. The van der Waals surface area contributed by atoms with Gasteiger partial charge < -0.3 is 10.5 Å². The maximum Gasteiger partial charge on any atom is 0.0885 e. The van der Waals surface area contributed by atoms with Crippen molar-refractivity contribution in [2.75, 3.05) is 11.9 Å². The SMILES string of the molecule is ON=C(CCNc1ccc(Cl)cc1)c1ccccc1. The first-order chi connectivity index (χ1) is 9.29. The average molecular weight is 275 g/mol. The molecule has 19 heavy (non-hydrogen) atoms. The van der Waals surface area contributed by atoms with Gasteiger partial charge in [-0.05, 0) is 29.8 Å². The summed E-state index contributed by atoms with van der Waals surface area (Å²) in [6.45, 7) is 0.690. The van der Waals surface area contributed by atoms with Crippen LogP contribution < -0.4 is 5.32 Å². The molecule has 0 saturated carbocycles. The smallest absolute Gasteiger partial charge is 0.0885 e. The topological polar surface area (TPSA) is 44.6 Å². The van der Waals surface area contributed by atoms with E-state index in [0.717, 1.165) is 11.3 Å². The lowest BCUT2D eigenvalue weighted by Gasteiger charge is -2.08. The zero-order valence-corrected chi connectivity index (χ0v) is 11.1. The third-order valence-electron chi connectivity index (χ3n) is 2.76. The Morgan fingerprint density at radius 2 is 1.74 bits per heavy atom. The Hall–Kier alpha value is -2.00. The number of nitrogens with zero attached hydrogens (tertiary/aromatic N) is 1. The first-order valence-corrected chi connectivity index (χ1v) is 6.43. The fourth-order valence-electron chi connectivity index (χ4n) is 1.78. The molecule has 2 rings (SSSR count). The summed E-state index contributed by atoms with van der Waals surface area (Å²) in [7, 11) is 0. The second-order valence-electron chi connectivity index (χ2n) is 4.10. The minimum Gasteiger partial charge on any atom is -0.411 e. The van der Waals surface area contributed by atoms with Crippen molar-refractivity contribution < 1.29 is 5.21 Å². The second-order valence-corrected chi connectivity index (χ2v) is 4.53. The molecule has 0 aliphatic carbocycles. The number of hydrogen-bond donors (Lipinski definition) is 2. The second kappa shape index (κ2) is 6.81. The van der Waals surface area contributed by atoms with Gasteiger partial charge in [-0.25, -0.2) is 0 Å². The Bertz CT molecular complexity index is 538. The van der Waals surface area contributed by atoms with Crippen LogP contribution in [-0.2, 0) is 0 Å². The maximum atomic E-state index is 9.06. The van der Waals surface area contributed by atoms with E-state index < -0.39 is 0 Å². The Kier molecular flexibility index (Phi) is 4.81. The number of rotatable bonds is 5. The van der Waals surface area contributed by atoms with Gasteiger partial charge in [0.2, 0.25) is 0 Å². The molecule has 0 fully saturated rings. The van der Waals surface area contributed by atoms with Crippen molar-refractivity contribution in [3.8, 4) is 0 Å². The van der Waals surface area contributed by atoms with Crippen LogP contribution in [-0.4, -0.2) is 17.5 Å². The molecule has 2 N–H and O–H groups in total. The van der Waals surface area contributed by atoms with Crippen molar-refractivity contribution in [1.82, 2.24) is 0 Å². The average Bonchev–Trinajstić information content (AvgIpc) is 2.46. The monoisotopic (exact) mass is 274 g/mol. The van der Waals surface area contributed by atoms with Crippen molar-refractivity contribution >= 4 is 23.0 Å². The molecule has 2 aromatic rings. The number of benzene rings is 2. The summed E-state index contributed by atoms with van der Waals surface area (Å²) in [5.41, 5.74) is 2.60. The molecule has 4 heteroatoms. The van der Waals surface area contributed by atoms with Gasteiger partial charge in [0.05, 0.1) is 5.71 Å². The lowest BCUT2D eigenvalue weighted by Crippen LogP contribution is -2.09. The van der Waals surface area contributed by atoms with Gasteiger partial charge in [-0.1, -0.05) is 47.1 Å². The standard InChI is InChI=1S/C15H15ClN2O/c16-13-6-8-14(9-7-13)17-11-10-15(18-19)12-4-2-1-3-5-12/h1-9,17,19H,10-11H2. The van der Waals surface area contributed by atoms with Crippen LogP contribution in [0.2, 0.25) is 5.02 Å². The van der Waals surface area contributed by atoms with Crippen LogP contribution in [0.5, 0.6) is 0 Å². The maximum absolute atomic E-state index is 9.06. The van der Waals surface area contributed by atoms with Crippen LogP contribution in [0.1, 0.15) is 12.0 Å².